The zero-order valence-corrected chi connectivity index (χ0v) is 15.6. The summed E-state index contributed by atoms with van der Waals surface area (Å²) in [7, 11) is -3.94. The van der Waals surface area contributed by atoms with E-state index in [2.05, 4.69) is 5.32 Å². The molecular formula is C19H20N2O5S. The first-order chi connectivity index (χ1) is 12.8. The van der Waals surface area contributed by atoms with Crippen LogP contribution in [-0.4, -0.2) is 24.5 Å². The van der Waals surface area contributed by atoms with E-state index in [1.165, 1.54) is 12.5 Å². The van der Waals surface area contributed by atoms with Gasteiger partial charge in [0.25, 0.3) is 5.69 Å². The van der Waals surface area contributed by atoms with E-state index in [1.54, 1.807) is 0 Å². The number of carbonyl (C=O) groups excluding carboxylic acids is 1. The second-order valence-corrected chi connectivity index (χ2v) is 8.86. The lowest BCUT2D eigenvalue weighted by molar-refractivity contribution is -0.384. The predicted octanol–water partition coefficient (Wildman–Crippen LogP) is 2.95. The minimum atomic E-state index is -3.94. The van der Waals surface area contributed by atoms with E-state index in [1.807, 2.05) is 24.3 Å². The predicted molar refractivity (Wildman–Crippen MR) is 100 cm³/mol. The fourth-order valence-electron chi connectivity index (χ4n) is 3.30. The highest BCUT2D eigenvalue weighted by Crippen LogP contribution is 2.30. The first-order valence-corrected chi connectivity index (χ1v) is 10.2. The Morgan fingerprint density at radius 2 is 1.85 bits per heavy atom. The minimum Gasteiger partial charge on any atom is -0.348 e. The first-order valence-electron chi connectivity index (χ1n) is 8.67. The van der Waals surface area contributed by atoms with Crippen molar-refractivity contribution in [2.45, 2.75) is 42.4 Å². The standard InChI is InChI=1S/C19H20N2O5S/c1-13(27(25,26)16-11-9-15(10-12-16)21(23)24)19(22)20-18-8-4-6-14-5-2-3-7-17(14)18/h2-3,5,7,9-13,18H,4,6,8H2,1H3,(H,20,22)/t13-,18+/m1/s1. The molecule has 0 saturated carbocycles. The highest BCUT2D eigenvalue weighted by Gasteiger charge is 2.32. The number of hydrogen-bond acceptors (Lipinski definition) is 5. The maximum Gasteiger partial charge on any atom is 0.269 e. The molecule has 7 nitrogen and oxygen atoms in total. The van der Waals surface area contributed by atoms with Crippen molar-refractivity contribution in [3.05, 3.63) is 69.8 Å². The molecule has 1 aliphatic carbocycles. The summed E-state index contributed by atoms with van der Waals surface area (Å²) < 4.78 is 25.4. The Hall–Kier alpha value is -2.74. The van der Waals surface area contributed by atoms with Gasteiger partial charge in [0.05, 0.1) is 15.9 Å². The van der Waals surface area contributed by atoms with E-state index in [0.717, 1.165) is 49.1 Å². The SMILES string of the molecule is C[C@H](C(=O)N[C@H]1CCCc2ccccc21)S(=O)(=O)c1ccc([N+](=O)[O-])cc1. The van der Waals surface area contributed by atoms with Crippen molar-refractivity contribution in [3.8, 4) is 0 Å². The molecule has 0 radical (unpaired) electrons. The van der Waals surface area contributed by atoms with Crippen LogP contribution in [0.5, 0.6) is 0 Å². The Balaban J connectivity index is 1.78. The minimum absolute atomic E-state index is 0.111. The van der Waals surface area contributed by atoms with Gasteiger partial charge in [-0.2, -0.15) is 0 Å². The van der Waals surface area contributed by atoms with E-state index in [0.29, 0.717) is 0 Å². The summed E-state index contributed by atoms with van der Waals surface area (Å²) in [6.07, 6.45) is 2.62. The number of sulfone groups is 1. The zero-order valence-electron chi connectivity index (χ0n) is 14.8. The first kappa shape index (κ1) is 19.0. The monoisotopic (exact) mass is 388 g/mol. The Morgan fingerprint density at radius 3 is 2.52 bits per heavy atom. The van der Waals surface area contributed by atoms with Gasteiger partial charge in [-0.15, -0.1) is 0 Å². The Labute approximate surface area is 157 Å². The van der Waals surface area contributed by atoms with Crippen molar-refractivity contribution in [2.75, 3.05) is 0 Å². The molecule has 0 fully saturated rings. The van der Waals surface area contributed by atoms with Crippen molar-refractivity contribution in [1.82, 2.24) is 5.32 Å². The maximum absolute atomic E-state index is 12.7. The molecule has 142 valence electrons. The van der Waals surface area contributed by atoms with Crippen LogP contribution in [0.15, 0.2) is 53.4 Å². The van der Waals surface area contributed by atoms with Crippen LogP contribution in [0.1, 0.15) is 36.9 Å². The number of carbonyl (C=O) groups is 1. The van der Waals surface area contributed by atoms with E-state index in [4.69, 9.17) is 0 Å². The number of nitro groups is 1. The van der Waals surface area contributed by atoms with Crippen molar-refractivity contribution in [1.29, 1.82) is 0 Å². The number of nitrogens with one attached hydrogen (secondary N) is 1. The van der Waals surface area contributed by atoms with Crippen LogP contribution in [-0.2, 0) is 21.1 Å². The van der Waals surface area contributed by atoms with Crippen LogP contribution in [0.4, 0.5) is 5.69 Å². The average Bonchev–Trinajstić information content (AvgIpc) is 2.67. The van der Waals surface area contributed by atoms with Gasteiger partial charge in [0.1, 0.15) is 5.25 Å². The number of benzene rings is 2. The molecule has 0 bridgehead atoms. The average molecular weight is 388 g/mol. The smallest absolute Gasteiger partial charge is 0.269 e. The van der Waals surface area contributed by atoms with Crippen molar-refractivity contribution in [3.63, 3.8) is 0 Å². The molecule has 2 aromatic rings. The van der Waals surface area contributed by atoms with Crippen LogP contribution < -0.4 is 5.32 Å². The summed E-state index contributed by atoms with van der Waals surface area (Å²) in [6.45, 7) is 1.33. The molecule has 8 heteroatoms. The molecular weight excluding hydrogens is 368 g/mol. The summed E-state index contributed by atoms with van der Waals surface area (Å²) in [6, 6.07) is 12.2. The number of non-ortho nitro benzene ring substituents is 1. The molecule has 1 amide bonds. The summed E-state index contributed by atoms with van der Waals surface area (Å²) in [4.78, 5) is 22.6. The molecule has 1 N–H and O–H groups in total. The van der Waals surface area contributed by atoms with Gasteiger partial charge in [-0.3, -0.25) is 14.9 Å². The molecule has 0 aromatic heterocycles. The topological polar surface area (TPSA) is 106 Å². The second kappa shape index (κ2) is 7.48. The number of nitro benzene ring substituents is 1. The van der Waals surface area contributed by atoms with E-state index >= 15 is 0 Å². The molecule has 2 atom stereocenters. The number of nitrogens with zero attached hydrogens (tertiary/aromatic N) is 1. The number of rotatable bonds is 5. The molecule has 0 saturated heterocycles. The van der Waals surface area contributed by atoms with Gasteiger partial charge >= 0.3 is 0 Å². The van der Waals surface area contributed by atoms with Gasteiger partial charge in [-0.05, 0) is 49.4 Å². The second-order valence-electron chi connectivity index (χ2n) is 6.59. The summed E-state index contributed by atoms with van der Waals surface area (Å²) in [5, 5.41) is 12.3. The molecule has 0 aliphatic heterocycles. The summed E-state index contributed by atoms with van der Waals surface area (Å²) in [5.41, 5.74) is 1.99. The molecule has 1 aliphatic rings. The highest BCUT2D eigenvalue weighted by atomic mass is 32.2. The van der Waals surface area contributed by atoms with Crippen LogP contribution in [0.3, 0.4) is 0 Å². The Kier molecular flexibility index (Phi) is 5.27. The Bertz CT molecular complexity index is 970. The number of hydrogen-bond donors (Lipinski definition) is 1. The normalized spacial score (nSPS) is 17.6. The fourth-order valence-corrected chi connectivity index (χ4v) is 4.57. The van der Waals surface area contributed by atoms with Crippen molar-refractivity contribution >= 4 is 21.4 Å². The third kappa shape index (κ3) is 3.85. The summed E-state index contributed by atoms with van der Waals surface area (Å²) >= 11 is 0. The zero-order chi connectivity index (χ0) is 19.6. The van der Waals surface area contributed by atoms with Crippen LogP contribution >= 0.6 is 0 Å². The van der Waals surface area contributed by atoms with E-state index < -0.39 is 25.9 Å². The lowest BCUT2D eigenvalue weighted by Gasteiger charge is -2.27. The molecule has 0 heterocycles. The van der Waals surface area contributed by atoms with Gasteiger partial charge < -0.3 is 5.32 Å². The number of aryl methyl sites for hydroxylation is 1. The highest BCUT2D eigenvalue weighted by molar-refractivity contribution is 7.92. The molecule has 0 unspecified atom stereocenters. The van der Waals surface area contributed by atoms with Gasteiger partial charge in [0.15, 0.2) is 9.84 Å². The third-order valence-electron chi connectivity index (χ3n) is 4.90. The third-order valence-corrected chi connectivity index (χ3v) is 6.97. The van der Waals surface area contributed by atoms with Crippen LogP contribution in [0.2, 0.25) is 0 Å². The van der Waals surface area contributed by atoms with Gasteiger partial charge in [-0.25, -0.2) is 8.42 Å². The van der Waals surface area contributed by atoms with Crippen molar-refractivity contribution < 1.29 is 18.1 Å². The maximum atomic E-state index is 12.7. The summed E-state index contributed by atoms with van der Waals surface area (Å²) in [5.74, 6) is -0.574. The lowest BCUT2D eigenvalue weighted by atomic mass is 9.88. The van der Waals surface area contributed by atoms with Crippen LogP contribution in [0.25, 0.3) is 0 Å². The number of fused-ring (bicyclic) bond motifs is 1. The lowest BCUT2D eigenvalue weighted by Crippen LogP contribution is -2.40. The van der Waals surface area contributed by atoms with E-state index in [-0.39, 0.29) is 16.6 Å². The molecule has 27 heavy (non-hydrogen) atoms. The van der Waals surface area contributed by atoms with E-state index in [9.17, 15) is 23.3 Å². The van der Waals surface area contributed by atoms with Gasteiger partial charge in [0.2, 0.25) is 5.91 Å². The van der Waals surface area contributed by atoms with Crippen LogP contribution in [0, 0.1) is 10.1 Å². The fraction of sp³-hybridized carbons (Fsp3) is 0.316. The van der Waals surface area contributed by atoms with Crippen molar-refractivity contribution in [2.24, 2.45) is 0 Å². The largest absolute Gasteiger partial charge is 0.348 e. The molecule has 2 aromatic carbocycles. The molecule has 3 rings (SSSR count). The molecule has 0 spiro atoms. The van der Waals surface area contributed by atoms with Gasteiger partial charge in [-0.1, -0.05) is 24.3 Å². The number of amides is 1. The van der Waals surface area contributed by atoms with Gasteiger partial charge in [0, 0.05) is 12.1 Å². The Morgan fingerprint density at radius 1 is 1.19 bits per heavy atom. The quantitative estimate of drug-likeness (QED) is 0.626.